The van der Waals surface area contributed by atoms with Crippen molar-refractivity contribution in [1.29, 1.82) is 0 Å². The monoisotopic (exact) mass is 375 g/mol. The van der Waals surface area contributed by atoms with Gasteiger partial charge in [-0.15, -0.1) is 17.9 Å². The summed E-state index contributed by atoms with van der Waals surface area (Å²) < 4.78 is 0.697. The second kappa shape index (κ2) is 7.72. The Kier molecular flexibility index (Phi) is 5.40. The van der Waals surface area contributed by atoms with Crippen LogP contribution in [0.1, 0.15) is 15.2 Å². The second-order valence-electron chi connectivity index (χ2n) is 5.61. The summed E-state index contributed by atoms with van der Waals surface area (Å²) in [6, 6.07) is 10.7. The third kappa shape index (κ3) is 4.03. The van der Waals surface area contributed by atoms with Gasteiger partial charge in [-0.1, -0.05) is 23.7 Å². The first-order chi connectivity index (χ1) is 12.1. The Labute approximate surface area is 155 Å². The number of benzene rings is 1. The summed E-state index contributed by atoms with van der Waals surface area (Å²) in [6.07, 6.45) is 1.70. The molecular formula is C18H18ClN3O2S. The smallest absolute Gasteiger partial charge is 0.321 e. The van der Waals surface area contributed by atoms with E-state index in [2.05, 4.69) is 11.9 Å². The average molecular weight is 376 g/mol. The summed E-state index contributed by atoms with van der Waals surface area (Å²) in [7, 11) is 0. The zero-order valence-electron chi connectivity index (χ0n) is 13.6. The van der Waals surface area contributed by atoms with Gasteiger partial charge in [-0.3, -0.25) is 9.69 Å². The van der Waals surface area contributed by atoms with Gasteiger partial charge in [0.1, 0.15) is 0 Å². The van der Waals surface area contributed by atoms with E-state index in [0.717, 1.165) is 10.6 Å². The van der Waals surface area contributed by atoms with Crippen LogP contribution in [0.25, 0.3) is 0 Å². The molecule has 5 nitrogen and oxygen atoms in total. The molecule has 1 saturated heterocycles. The third-order valence-electron chi connectivity index (χ3n) is 3.87. The Balaban J connectivity index is 1.81. The highest BCUT2D eigenvalue weighted by Gasteiger charge is 2.23. The van der Waals surface area contributed by atoms with Crippen LogP contribution in [0.4, 0.5) is 10.5 Å². The Hall–Kier alpha value is -2.31. The number of hydrogen-bond donors (Lipinski definition) is 1. The summed E-state index contributed by atoms with van der Waals surface area (Å²) in [4.78, 5) is 29.1. The number of nitrogens with one attached hydrogen (secondary N) is 1. The highest BCUT2D eigenvalue weighted by Crippen LogP contribution is 2.24. The zero-order chi connectivity index (χ0) is 17.8. The molecule has 3 rings (SSSR count). The number of amides is 3. The van der Waals surface area contributed by atoms with E-state index in [0.29, 0.717) is 36.1 Å². The maximum absolute atomic E-state index is 12.9. The first-order valence-electron chi connectivity index (χ1n) is 7.88. The Morgan fingerprint density at radius 3 is 2.88 bits per heavy atom. The van der Waals surface area contributed by atoms with Crippen molar-refractivity contribution < 1.29 is 9.59 Å². The zero-order valence-corrected chi connectivity index (χ0v) is 15.1. The van der Waals surface area contributed by atoms with Gasteiger partial charge >= 0.3 is 6.03 Å². The molecule has 2 heterocycles. The minimum Gasteiger partial charge on any atom is -0.336 e. The lowest BCUT2D eigenvalue weighted by molar-refractivity contribution is 0.0764. The van der Waals surface area contributed by atoms with Gasteiger partial charge in [0.15, 0.2) is 0 Å². The second-order valence-corrected chi connectivity index (χ2v) is 7.41. The van der Waals surface area contributed by atoms with Gasteiger partial charge in [0.25, 0.3) is 5.91 Å². The molecule has 1 aliphatic heterocycles. The SMILES string of the molecule is C=CCN(Cc1ccc(Cl)s1)C(=O)c1cccc(N2CCNC2=O)c1. The molecule has 0 bridgehead atoms. The van der Waals surface area contributed by atoms with Crippen molar-refractivity contribution in [2.45, 2.75) is 6.54 Å². The van der Waals surface area contributed by atoms with E-state index in [4.69, 9.17) is 11.6 Å². The predicted molar refractivity (Wildman–Crippen MR) is 101 cm³/mol. The molecule has 0 radical (unpaired) electrons. The molecular weight excluding hydrogens is 358 g/mol. The number of thiophene rings is 1. The van der Waals surface area contributed by atoms with Crippen LogP contribution in [0.5, 0.6) is 0 Å². The van der Waals surface area contributed by atoms with Crippen molar-refractivity contribution in [3.8, 4) is 0 Å². The number of urea groups is 1. The number of hydrogen-bond acceptors (Lipinski definition) is 3. The molecule has 1 aliphatic rings. The molecule has 1 aromatic heterocycles. The number of rotatable bonds is 6. The molecule has 3 amide bonds. The van der Waals surface area contributed by atoms with Crippen molar-refractivity contribution in [1.82, 2.24) is 10.2 Å². The average Bonchev–Trinajstić information content (AvgIpc) is 3.22. The van der Waals surface area contributed by atoms with Crippen LogP contribution in [0.2, 0.25) is 4.34 Å². The molecule has 1 fully saturated rings. The summed E-state index contributed by atoms with van der Waals surface area (Å²) in [6.45, 7) is 5.85. The number of halogens is 1. The van der Waals surface area contributed by atoms with Crippen molar-refractivity contribution >= 4 is 40.6 Å². The van der Waals surface area contributed by atoms with Crippen molar-refractivity contribution in [2.24, 2.45) is 0 Å². The van der Waals surface area contributed by atoms with E-state index in [-0.39, 0.29) is 11.9 Å². The lowest BCUT2D eigenvalue weighted by Gasteiger charge is -2.21. The fourth-order valence-corrected chi connectivity index (χ4v) is 3.81. The lowest BCUT2D eigenvalue weighted by Crippen LogP contribution is -2.31. The molecule has 0 unspecified atom stereocenters. The van der Waals surface area contributed by atoms with Gasteiger partial charge in [0.2, 0.25) is 0 Å². The predicted octanol–water partition coefficient (Wildman–Crippen LogP) is 3.76. The number of nitrogens with zero attached hydrogens (tertiary/aromatic N) is 2. The summed E-state index contributed by atoms with van der Waals surface area (Å²) >= 11 is 7.43. The number of carbonyl (C=O) groups excluding carboxylic acids is 2. The van der Waals surface area contributed by atoms with Gasteiger partial charge in [-0.25, -0.2) is 4.79 Å². The highest BCUT2D eigenvalue weighted by molar-refractivity contribution is 7.16. The van der Waals surface area contributed by atoms with Crippen LogP contribution in [-0.4, -0.2) is 36.5 Å². The van der Waals surface area contributed by atoms with Gasteiger partial charge < -0.3 is 10.2 Å². The molecule has 0 saturated carbocycles. The first kappa shape index (κ1) is 17.5. The molecule has 0 aliphatic carbocycles. The van der Waals surface area contributed by atoms with Crippen molar-refractivity contribution in [3.05, 3.63) is 63.8 Å². The van der Waals surface area contributed by atoms with E-state index in [1.807, 2.05) is 18.2 Å². The van der Waals surface area contributed by atoms with Crippen LogP contribution >= 0.6 is 22.9 Å². The van der Waals surface area contributed by atoms with E-state index < -0.39 is 0 Å². The lowest BCUT2D eigenvalue weighted by atomic mass is 10.1. The highest BCUT2D eigenvalue weighted by atomic mass is 35.5. The standard InChI is InChI=1S/C18H18ClN3O2S/c1-2-9-21(12-15-6-7-16(19)25-15)17(23)13-4-3-5-14(11-13)22-10-8-20-18(22)24/h2-7,11H,1,8-10,12H2,(H,20,24). The fourth-order valence-electron chi connectivity index (χ4n) is 2.71. The topological polar surface area (TPSA) is 52.7 Å². The third-order valence-corrected chi connectivity index (χ3v) is 5.09. The Morgan fingerprint density at radius 1 is 1.40 bits per heavy atom. The van der Waals surface area contributed by atoms with E-state index in [1.165, 1.54) is 11.3 Å². The fraction of sp³-hybridized carbons (Fsp3) is 0.222. The Bertz CT molecular complexity index is 805. The molecule has 1 N–H and O–H groups in total. The molecule has 1 aromatic carbocycles. The van der Waals surface area contributed by atoms with Gasteiger partial charge in [-0.2, -0.15) is 0 Å². The molecule has 7 heteroatoms. The summed E-state index contributed by atoms with van der Waals surface area (Å²) in [5.74, 6) is -0.106. The van der Waals surface area contributed by atoms with Crippen LogP contribution in [0.15, 0.2) is 49.1 Å². The van der Waals surface area contributed by atoms with Crippen LogP contribution in [0.3, 0.4) is 0 Å². The van der Waals surface area contributed by atoms with Crippen molar-refractivity contribution in [3.63, 3.8) is 0 Å². The minimum atomic E-state index is -0.138. The van der Waals surface area contributed by atoms with Gasteiger partial charge in [0.05, 0.1) is 10.9 Å². The van der Waals surface area contributed by atoms with Gasteiger partial charge in [-0.05, 0) is 30.3 Å². The Morgan fingerprint density at radius 2 is 2.24 bits per heavy atom. The maximum Gasteiger partial charge on any atom is 0.321 e. The largest absolute Gasteiger partial charge is 0.336 e. The molecule has 130 valence electrons. The number of anilines is 1. The molecule has 0 spiro atoms. The maximum atomic E-state index is 12.9. The first-order valence-corrected chi connectivity index (χ1v) is 9.08. The van der Waals surface area contributed by atoms with E-state index >= 15 is 0 Å². The summed E-state index contributed by atoms with van der Waals surface area (Å²) in [5.41, 5.74) is 1.26. The number of carbonyl (C=O) groups is 2. The normalized spacial score (nSPS) is 13.6. The molecule has 2 aromatic rings. The van der Waals surface area contributed by atoms with Crippen molar-refractivity contribution in [2.75, 3.05) is 24.5 Å². The summed E-state index contributed by atoms with van der Waals surface area (Å²) in [5, 5.41) is 2.76. The van der Waals surface area contributed by atoms with Crippen LogP contribution in [-0.2, 0) is 6.54 Å². The quantitative estimate of drug-likeness (QED) is 0.781. The molecule has 0 atom stereocenters. The molecule has 25 heavy (non-hydrogen) atoms. The van der Waals surface area contributed by atoms with Crippen LogP contribution < -0.4 is 10.2 Å². The van der Waals surface area contributed by atoms with E-state index in [1.54, 1.807) is 34.1 Å². The van der Waals surface area contributed by atoms with E-state index in [9.17, 15) is 9.59 Å². The van der Waals surface area contributed by atoms with Crippen LogP contribution in [0, 0.1) is 0 Å². The van der Waals surface area contributed by atoms with Gasteiger partial charge in [0, 0.05) is 35.8 Å². The minimum absolute atomic E-state index is 0.106.